The number of carbonyl (C=O) groups is 1. The number of halogens is 4. The van der Waals surface area contributed by atoms with Crippen LogP contribution in [0.5, 0.6) is 17.2 Å². The summed E-state index contributed by atoms with van der Waals surface area (Å²) in [6, 6.07) is 24.4. The van der Waals surface area contributed by atoms with Crippen LogP contribution in [0.15, 0.2) is 100 Å². The largest absolute Gasteiger partial charge is 0.484 e. The fourth-order valence-corrected chi connectivity index (χ4v) is 4.24. The van der Waals surface area contributed by atoms with E-state index in [0.717, 1.165) is 17.2 Å². The predicted octanol–water partition coefficient (Wildman–Crippen LogP) is 8.25. The molecule has 41 heavy (non-hydrogen) atoms. The zero-order valence-electron chi connectivity index (χ0n) is 21.4. The minimum Gasteiger partial charge on any atom is -0.484 e. The van der Waals surface area contributed by atoms with Gasteiger partial charge in [-0.3, -0.25) is 9.59 Å². The van der Waals surface area contributed by atoms with Crippen LogP contribution in [0.2, 0.25) is 5.02 Å². The first-order valence-corrected chi connectivity index (χ1v) is 12.7. The van der Waals surface area contributed by atoms with Crippen LogP contribution in [0.1, 0.15) is 11.3 Å². The SMILES string of the molecule is Cc1c(Cl)cccc1NC(=O)COc1ccc2c(=O)c(Oc3ccc(-c4ccccc4)cc3)c(C(F)(F)F)oc2c1. The van der Waals surface area contributed by atoms with Crippen molar-refractivity contribution in [2.24, 2.45) is 0 Å². The third kappa shape index (κ3) is 6.20. The van der Waals surface area contributed by atoms with Gasteiger partial charge in [0.2, 0.25) is 11.2 Å². The summed E-state index contributed by atoms with van der Waals surface area (Å²) in [7, 11) is 0. The molecule has 6 nitrogen and oxygen atoms in total. The highest BCUT2D eigenvalue weighted by atomic mass is 35.5. The van der Waals surface area contributed by atoms with Gasteiger partial charge in [0, 0.05) is 16.8 Å². The quantitative estimate of drug-likeness (QED) is 0.210. The van der Waals surface area contributed by atoms with E-state index in [1.54, 1.807) is 37.3 Å². The zero-order valence-corrected chi connectivity index (χ0v) is 22.2. The zero-order chi connectivity index (χ0) is 29.1. The van der Waals surface area contributed by atoms with Crippen molar-refractivity contribution in [1.82, 2.24) is 0 Å². The van der Waals surface area contributed by atoms with Crippen molar-refractivity contribution in [3.05, 3.63) is 118 Å². The lowest BCUT2D eigenvalue weighted by molar-refractivity contribution is -0.154. The molecule has 0 aliphatic heterocycles. The lowest BCUT2D eigenvalue weighted by Gasteiger charge is -2.14. The van der Waals surface area contributed by atoms with E-state index in [9.17, 15) is 22.8 Å². The molecule has 0 saturated carbocycles. The number of ether oxygens (including phenoxy) is 2. The first-order chi connectivity index (χ1) is 19.6. The van der Waals surface area contributed by atoms with Gasteiger partial charge in [0.15, 0.2) is 6.61 Å². The maximum absolute atomic E-state index is 14.0. The van der Waals surface area contributed by atoms with Crippen molar-refractivity contribution in [2.45, 2.75) is 13.1 Å². The minimum absolute atomic E-state index is 0.0249. The van der Waals surface area contributed by atoms with Crippen molar-refractivity contribution in [3.63, 3.8) is 0 Å². The first kappa shape index (κ1) is 27.8. The van der Waals surface area contributed by atoms with E-state index in [0.29, 0.717) is 16.3 Å². The molecule has 5 aromatic rings. The second-order valence-corrected chi connectivity index (χ2v) is 9.39. The van der Waals surface area contributed by atoms with E-state index < -0.39 is 35.6 Å². The van der Waals surface area contributed by atoms with Crippen molar-refractivity contribution < 1.29 is 31.9 Å². The van der Waals surface area contributed by atoms with Crippen LogP contribution >= 0.6 is 11.6 Å². The van der Waals surface area contributed by atoms with Gasteiger partial charge in [0.1, 0.15) is 17.1 Å². The standard InChI is InChI=1S/C31H21ClF3NO5/c1-18-24(32)8-5-9-25(18)36-27(37)17-39-22-14-15-23-26(16-22)41-30(31(33,34)35)29(28(23)38)40-21-12-10-20(11-13-21)19-6-3-2-4-7-19/h2-16H,17H2,1H3,(H,36,37). The van der Waals surface area contributed by atoms with Gasteiger partial charge < -0.3 is 19.2 Å². The third-order valence-electron chi connectivity index (χ3n) is 6.17. The van der Waals surface area contributed by atoms with Gasteiger partial charge in [0.25, 0.3) is 11.7 Å². The predicted molar refractivity (Wildman–Crippen MR) is 150 cm³/mol. The van der Waals surface area contributed by atoms with E-state index in [-0.39, 0.29) is 22.5 Å². The van der Waals surface area contributed by atoms with Gasteiger partial charge in [-0.25, -0.2) is 0 Å². The van der Waals surface area contributed by atoms with Crippen LogP contribution in [-0.2, 0) is 11.0 Å². The van der Waals surface area contributed by atoms with Crippen molar-refractivity contribution >= 4 is 34.2 Å². The Labute approximate surface area is 236 Å². The molecule has 208 valence electrons. The minimum atomic E-state index is -5.03. The van der Waals surface area contributed by atoms with Crippen LogP contribution in [-0.4, -0.2) is 12.5 Å². The lowest BCUT2D eigenvalue weighted by Crippen LogP contribution is -2.20. The summed E-state index contributed by atoms with van der Waals surface area (Å²) in [6.07, 6.45) is -5.03. The number of fused-ring (bicyclic) bond motifs is 1. The summed E-state index contributed by atoms with van der Waals surface area (Å²) in [5.41, 5.74) is 1.51. The average Bonchev–Trinajstić information content (AvgIpc) is 2.96. The molecule has 0 saturated heterocycles. The molecule has 4 aromatic carbocycles. The fourth-order valence-electron chi connectivity index (χ4n) is 4.07. The Balaban J connectivity index is 1.39. The summed E-state index contributed by atoms with van der Waals surface area (Å²) in [6.45, 7) is 1.29. The van der Waals surface area contributed by atoms with Gasteiger partial charge in [-0.1, -0.05) is 60.1 Å². The van der Waals surface area contributed by atoms with Crippen LogP contribution < -0.4 is 20.2 Å². The van der Waals surface area contributed by atoms with Gasteiger partial charge in [-0.05, 0) is 60.0 Å². The van der Waals surface area contributed by atoms with E-state index in [1.165, 1.54) is 24.3 Å². The Morgan fingerprint density at radius 3 is 2.29 bits per heavy atom. The van der Waals surface area contributed by atoms with E-state index in [2.05, 4.69) is 5.32 Å². The molecule has 0 radical (unpaired) electrons. The van der Waals surface area contributed by atoms with E-state index in [4.69, 9.17) is 25.5 Å². The Bertz CT molecular complexity index is 1790. The molecule has 0 unspecified atom stereocenters. The van der Waals surface area contributed by atoms with Crippen LogP contribution in [0.4, 0.5) is 18.9 Å². The number of benzene rings is 4. The molecular formula is C31H21ClF3NO5. The molecule has 0 bridgehead atoms. The summed E-state index contributed by atoms with van der Waals surface area (Å²) < 4.78 is 57.9. The number of amides is 1. The molecule has 0 fully saturated rings. The molecule has 1 heterocycles. The highest BCUT2D eigenvalue weighted by Crippen LogP contribution is 2.39. The lowest BCUT2D eigenvalue weighted by atomic mass is 10.1. The monoisotopic (exact) mass is 579 g/mol. The van der Waals surface area contributed by atoms with Gasteiger partial charge in [-0.2, -0.15) is 13.2 Å². The topological polar surface area (TPSA) is 77.8 Å². The molecule has 0 spiro atoms. The van der Waals surface area contributed by atoms with Crippen LogP contribution in [0, 0.1) is 6.92 Å². The highest BCUT2D eigenvalue weighted by molar-refractivity contribution is 6.31. The first-order valence-electron chi connectivity index (χ1n) is 12.3. The second-order valence-electron chi connectivity index (χ2n) is 8.99. The highest BCUT2D eigenvalue weighted by Gasteiger charge is 2.40. The molecule has 0 atom stereocenters. The number of alkyl halides is 3. The number of carbonyl (C=O) groups excluding carboxylic acids is 1. The van der Waals surface area contributed by atoms with Crippen molar-refractivity contribution in [1.29, 1.82) is 0 Å². The molecule has 1 N–H and O–H groups in total. The fraction of sp³-hybridized carbons (Fsp3) is 0.0968. The average molecular weight is 580 g/mol. The summed E-state index contributed by atoms with van der Waals surface area (Å²) in [4.78, 5) is 25.5. The number of hydrogen-bond acceptors (Lipinski definition) is 5. The third-order valence-corrected chi connectivity index (χ3v) is 6.58. The van der Waals surface area contributed by atoms with Crippen molar-refractivity contribution in [3.8, 4) is 28.4 Å². The molecule has 1 amide bonds. The normalized spacial score (nSPS) is 11.3. The maximum Gasteiger partial charge on any atom is 0.453 e. The molecule has 5 rings (SSSR count). The van der Waals surface area contributed by atoms with Crippen LogP contribution in [0.25, 0.3) is 22.1 Å². The number of hydrogen-bond donors (Lipinski definition) is 1. The van der Waals surface area contributed by atoms with Crippen LogP contribution in [0.3, 0.4) is 0 Å². The Morgan fingerprint density at radius 2 is 1.59 bits per heavy atom. The molecule has 0 aliphatic rings. The molecule has 10 heteroatoms. The summed E-state index contributed by atoms with van der Waals surface area (Å²) in [5, 5.41) is 2.97. The molecule has 0 aliphatic carbocycles. The second kappa shape index (κ2) is 11.4. The number of rotatable bonds is 7. The molecular weight excluding hydrogens is 559 g/mol. The summed E-state index contributed by atoms with van der Waals surface area (Å²) >= 11 is 6.06. The van der Waals surface area contributed by atoms with E-state index >= 15 is 0 Å². The number of nitrogens with one attached hydrogen (secondary N) is 1. The Kier molecular flexibility index (Phi) is 7.72. The number of anilines is 1. The Morgan fingerprint density at radius 1 is 0.902 bits per heavy atom. The summed E-state index contributed by atoms with van der Waals surface area (Å²) in [5.74, 6) is -3.04. The van der Waals surface area contributed by atoms with Gasteiger partial charge in [-0.15, -0.1) is 0 Å². The molecule has 1 aromatic heterocycles. The maximum atomic E-state index is 14.0. The van der Waals surface area contributed by atoms with Crippen molar-refractivity contribution in [2.75, 3.05) is 11.9 Å². The van der Waals surface area contributed by atoms with Gasteiger partial charge in [0.05, 0.1) is 5.39 Å². The smallest absolute Gasteiger partial charge is 0.453 e. The van der Waals surface area contributed by atoms with E-state index in [1.807, 2.05) is 30.3 Å². The van der Waals surface area contributed by atoms with Gasteiger partial charge >= 0.3 is 6.18 Å². The Hall–Kier alpha value is -4.76.